The molecule has 152 valence electrons. The maximum Gasteiger partial charge on any atom is 0.157 e. The second-order valence-electron chi connectivity index (χ2n) is 6.96. The number of nitriles is 1. The number of benzene rings is 4. The number of hydrogen-bond acceptors (Lipinski definition) is 2. The maximum atomic E-state index is 13.5. The first-order valence-electron chi connectivity index (χ1n) is 9.51. The lowest BCUT2D eigenvalue weighted by Gasteiger charge is -2.12. The van der Waals surface area contributed by atoms with Gasteiger partial charge in [-0.1, -0.05) is 71.7 Å². The minimum atomic E-state index is -0.410. The van der Waals surface area contributed by atoms with Crippen molar-refractivity contribution in [1.29, 1.82) is 5.26 Å². The van der Waals surface area contributed by atoms with E-state index < -0.39 is 5.82 Å². The van der Waals surface area contributed by atoms with Crippen LogP contribution >= 0.6 is 23.2 Å². The maximum absolute atomic E-state index is 13.5. The largest absolute Gasteiger partial charge is 0.486 e. The number of rotatable bonds is 5. The van der Waals surface area contributed by atoms with Gasteiger partial charge in [-0.15, -0.1) is 0 Å². The van der Waals surface area contributed by atoms with E-state index in [1.54, 1.807) is 30.3 Å². The Bertz CT molecular complexity index is 1320. The molecule has 0 atom stereocenters. The fourth-order valence-corrected chi connectivity index (χ4v) is 3.90. The Kier molecular flexibility index (Phi) is 6.23. The van der Waals surface area contributed by atoms with E-state index in [9.17, 15) is 9.65 Å². The first-order chi connectivity index (χ1) is 15.0. The fourth-order valence-electron chi connectivity index (χ4n) is 3.29. The van der Waals surface area contributed by atoms with Gasteiger partial charge in [-0.3, -0.25) is 0 Å². The van der Waals surface area contributed by atoms with Gasteiger partial charge in [-0.2, -0.15) is 5.26 Å². The molecule has 0 saturated heterocycles. The molecule has 0 heterocycles. The highest BCUT2D eigenvalue weighted by molar-refractivity contribution is 6.37. The van der Waals surface area contributed by atoms with Crippen molar-refractivity contribution in [3.63, 3.8) is 0 Å². The second-order valence-corrected chi connectivity index (χ2v) is 7.78. The number of nitrogens with zero attached hydrogens (tertiary/aromatic N) is 1. The topological polar surface area (TPSA) is 33.0 Å². The number of ether oxygens (including phenoxy) is 1. The first kappa shape index (κ1) is 20.9. The van der Waals surface area contributed by atoms with Crippen LogP contribution in [0.15, 0.2) is 78.9 Å². The Hall–Kier alpha value is -3.32. The Morgan fingerprint density at radius 1 is 0.903 bits per heavy atom. The van der Waals surface area contributed by atoms with Crippen LogP contribution in [0.5, 0.6) is 5.75 Å². The Morgan fingerprint density at radius 2 is 1.65 bits per heavy atom. The standard InChI is InChI=1S/C26H16Cl2FNO/c27-24-12-18(11-22(15-30)21-6-3-7-23(29)14-21)13-25(28)26(24)31-16-17-8-9-19-4-1-2-5-20(19)10-17/h1-14H,16H2/b22-11-. The molecule has 0 aliphatic heterocycles. The summed E-state index contributed by atoms with van der Waals surface area (Å²) in [6, 6.07) is 25.5. The monoisotopic (exact) mass is 447 g/mol. The predicted molar refractivity (Wildman–Crippen MR) is 125 cm³/mol. The third-order valence-corrected chi connectivity index (χ3v) is 5.35. The number of hydrogen-bond donors (Lipinski definition) is 0. The highest BCUT2D eigenvalue weighted by Crippen LogP contribution is 2.36. The first-order valence-corrected chi connectivity index (χ1v) is 10.3. The van der Waals surface area contributed by atoms with Crippen LogP contribution in [0.4, 0.5) is 4.39 Å². The highest BCUT2D eigenvalue weighted by Gasteiger charge is 2.11. The number of fused-ring (bicyclic) bond motifs is 1. The molecule has 0 unspecified atom stereocenters. The third kappa shape index (κ3) is 4.88. The predicted octanol–water partition coefficient (Wildman–Crippen LogP) is 7.93. The van der Waals surface area contributed by atoms with E-state index in [0.717, 1.165) is 16.3 Å². The summed E-state index contributed by atoms with van der Waals surface area (Å²) >= 11 is 12.8. The van der Waals surface area contributed by atoms with Gasteiger partial charge in [-0.05, 0) is 63.9 Å². The summed E-state index contributed by atoms with van der Waals surface area (Å²) < 4.78 is 19.4. The van der Waals surface area contributed by atoms with Crippen LogP contribution in [0, 0.1) is 17.1 Å². The van der Waals surface area contributed by atoms with Crippen molar-refractivity contribution >= 4 is 45.6 Å². The number of allylic oxidation sites excluding steroid dienone is 1. The molecule has 0 spiro atoms. The highest BCUT2D eigenvalue weighted by atomic mass is 35.5. The van der Waals surface area contributed by atoms with Crippen molar-refractivity contribution in [3.8, 4) is 11.8 Å². The normalized spacial score (nSPS) is 11.4. The smallest absolute Gasteiger partial charge is 0.157 e. The van der Waals surface area contributed by atoms with Gasteiger partial charge in [0.1, 0.15) is 12.4 Å². The minimum Gasteiger partial charge on any atom is -0.486 e. The van der Waals surface area contributed by atoms with Crippen LogP contribution in [-0.4, -0.2) is 0 Å². The van der Waals surface area contributed by atoms with E-state index in [-0.39, 0.29) is 0 Å². The van der Waals surface area contributed by atoms with Gasteiger partial charge in [-0.25, -0.2) is 4.39 Å². The molecule has 0 aliphatic carbocycles. The van der Waals surface area contributed by atoms with E-state index in [1.165, 1.54) is 12.1 Å². The summed E-state index contributed by atoms with van der Waals surface area (Å²) in [5.41, 5.74) is 2.39. The minimum absolute atomic E-state index is 0.302. The molecule has 31 heavy (non-hydrogen) atoms. The van der Waals surface area contributed by atoms with E-state index >= 15 is 0 Å². The van der Waals surface area contributed by atoms with E-state index in [4.69, 9.17) is 27.9 Å². The van der Waals surface area contributed by atoms with Gasteiger partial charge in [0.2, 0.25) is 0 Å². The summed E-state index contributed by atoms with van der Waals surface area (Å²) in [7, 11) is 0. The van der Waals surface area contributed by atoms with Crippen molar-refractivity contribution < 1.29 is 9.13 Å². The SMILES string of the molecule is N#C/C(=C/c1cc(Cl)c(OCc2ccc3ccccc3c2)c(Cl)c1)c1cccc(F)c1. The molecule has 4 rings (SSSR count). The molecule has 0 aromatic heterocycles. The molecule has 0 aliphatic rings. The average molecular weight is 448 g/mol. The molecular formula is C26H16Cl2FNO. The van der Waals surface area contributed by atoms with E-state index in [1.807, 2.05) is 30.3 Å². The van der Waals surface area contributed by atoms with Gasteiger partial charge in [0, 0.05) is 0 Å². The van der Waals surface area contributed by atoms with Crippen molar-refractivity contribution in [1.82, 2.24) is 0 Å². The molecule has 0 N–H and O–H groups in total. The summed E-state index contributed by atoms with van der Waals surface area (Å²) in [4.78, 5) is 0. The Morgan fingerprint density at radius 3 is 2.35 bits per heavy atom. The summed E-state index contributed by atoms with van der Waals surface area (Å²) in [6.45, 7) is 0.312. The zero-order valence-electron chi connectivity index (χ0n) is 16.3. The van der Waals surface area contributed by atoms with Crippen LogP contribution in [0.1, 0.15) is 16.7 Å². The van der Waals surface area contributed by atoms with Crippen LogP contribution in [0.2, 0.25) is 10.0 Å². The summed E-state index contributed by atoms with van der Waals surface area (Å²) in [5.74, 6) is -0.0370. The molecule has 0 amide bonds. The van der Waals surface area contributed by atoms with Crippen molar-refractivity contribution in [2.24, 2.45) is 0 Å². The van der Waals surface area contributed by atoms with Crippen LogP contribution in [0.25, 0.3) is 22.4 Å². The molecular weight excluding hydrogens is 432 g/mol. The lowest BCUT2D eigenvalue weighted by atomic mass is 10.0. The Balaban J connectivity index is 1.57. The van der Waals surface area contributed by atoms with Crippen LogP contribution in [0.3, 0.4) is 0 Å². The molecule has 0 bridgehead atoms. The Labute approximate surface area is 189 Å². The molecule has 0 saturated carbocycles. The lowest BCUT2D eigenvalue weighted by Crippen LogP contribution is -1.97. The second kappa shape index (κ2) is 9.22. The van der Waals surface area contributed by atoms with Crippen LogP contribution in [-0.2, 0) is 6.61 Å². The van der Waals surface area contributed by atoms with Gasteiger partial charge >= 0.3 is 0 Å². The fraction of sp³-hybridized carbons (Fsp3) is 0.0385. The molecule has 5 heteroatoms. The van der Waals surface area contributed by atoms with Gasteiger partial charge in [0.05, 0.1) is 21.7 Å². The van der Waals surface area contributed by atoms with Crippen molar-refractivity contribution in [2.75, 3.05) is 0 Å². The quantitative estimate of drug-likeness (QED) is 0.229. The molecule has 0 fully saturated rings. The van der Waals surface area contributed by atoms with Gasteiger partial charge < -0.3 is 4.74 Å². The average Bonchev–Trinajstić information content (AvgIpc) is 2.76. The zero-order valence-corrected chi connectivity index (χ0v) is 17.8. The number of halogens is 3. The lowest BCUT2D eigenvalue weighted by molar-refractivity contribution is 0.307. The van der Waals surface area contributed by atoms with Crippen molar-refractivity contribution in [2.45, 2.75) is 6.61 Å². The summed E-state index contributed by atoms with van der Waals surface area (Å²) in [6.07, 6.45) is 1.61. The van der Waals surface area contributed by atoms with Gasteiger partial charge in [0.25, 0.3) is 0 Å². The molecule has 2 nitrogen and oxygen atoms in total. The molecule has 4 aromatic carbocycles. The van der Waals surface area contributed by atoms with Crippen LogP contribution < -0.4 is 4.74 Å². The van der Waals surface area contributed by atoms with E-state index in [0.29, 0.717) is 39.1 Å². The molecule has 0 radical (unpaired) electrons. The third-order valence-electron chi connectivity index (χ3n) is 4.78. The van der Waals surface area contributed by atoms with Gasteiger partial charge in [0.15, 0.2) is 5.75 Å². The molecule has 4 aromatic rings. The van der Waals surface area contributed by atoms with Crippen molar-refractivity contribution in [3.05, 3.63) is 111 Å². The summed E-state index contributed by atoms with van der Waals surface area (Å²) in [5, 5.41) is 12.4. The van der Waals surface area contributed by atoms with E-state index in [2.05, 4.69) is 18.2 Å². The zero-order chi connectivity index (χ0) is 21.8.